The Morgan fingerprint density at radius 3 is 2.77 bits per heavy atom. The molecule has 2 aromatic rings. The van der Waals surface area contributed by atoms with Crippen molar-refractivity contribution in [3.05, 3.63) is 36.2 Å². The van der Waals surface area contributed by atoms with Gasteiger partial charge < -0.3 is 9.80 Å². The quantitative estimate of drug-likeness (QED) is 0.831. The highest BCUT2D eigenvalue weighted by molar-refractivity contribution is 6.05. The van der Waals surface area contributed by atoms with Crippen molar-refractivity contribution >= 4 is 17.4 Å². The van der Waals surface area contributed by atoms with Crippen LogP contribution in [-0.4, -0.2) is 59.5 Å². The molecule has 1 atom stereocenters. The summed E-state index contributed by atoms with van der Waals surface area (Å²) in [7, 11) is 1.85. The molecule has 2 aliphatic rings. The van der Waals surface area contributed by atoms with Gasteiger partial charge in [0.05, 0.1) is 11.4 Å². The van der Waals surface area contributed by atoms with Crippen molar-refractivity contribution in [2.75, 3.05) is 36.5 Å². The average Bonchev–Trinajstić information content (AvgIpc) is 2.65. The molecule has 4 rings (SSSR count). The molecule has 2 aromatic heterocycles. The third-order valence-electron chi connectivity index (χ3n) is 5.52. The van der Waals surface area contributed by atoms with Crippen LogP contribution in [0.25, 0.3) is 11.3 Å². The van der Waals surface area contributed by atoms with Gasteiger partial charge in [-0.1, -0.05) is 6.07 Å². The molecule has 1 amide bonds. The first-order valence-corrected chi connectivity index (χ1v) is 9.17. The Hall–Kier alpha value is -2.47. The zero-order valence-corrected chi connectivity index (χ0v) is 15.8. The second kappa shape index (κ2) is 6.36. The number of carbonyl (C=O) groups excluding carboxylic acids is 1. The van der Waals surface area contributed by atoms with E-state index in [1.165, 1.54) is 0 Å². The van der Waals surface area contributed by atoms with Crippen LogP contribution in [0.4, 0.5) is 11.5 Å². The molecule has 0 saturated carbocycles. The fraction of sp³-hybridized carbons (Fsp3) is 0.450. The van der Waals surface area contributed by atoms with Crippen LogP contribution < -0.4 is 9.80 Å². The number of rotatable bonds is 2. The van der Waals surface area contributed by atoms with E-state index in [9.17, 15) is 4.79 Å². The van der Waals surface area contributed by atoms with Crippen molar-refractivity contribution in [3.63, 3.8) is 0 Å². The molecule has 6 heteroatoms. The number of fused-ring (bicyclic) bond motifs is 3. The largest absolute Gasteiger partial charge is 0.340 e. The maximum Gasteiger partial charge on any atom is 0.250 e. The Balaban J connectivity index is 1.74. The lowest BCUT2D eigenvalue weighted by atomic mass is 10.0. The first-order valence-electron chi connectivity index (χ1n) is 9.17. The van der Waals surface area contributed by atoms with Crippen LogP contribution in [0.15, 0.2) is 30.6 Å². The van der Waals surface area contributed by atoms with E-state index < -0.39 is 0 Å². The number of pyridine rings is 2. The van der Waals surface area contributed by atoms with Crippen molar-refractivity contribution in [1.29, 1.82) is 0 Å². The number of anilines is 2. The summed E-state index contributed by atoms with van der Waals surface area (Å²) in [5, 5.41) is 0. The molecule has 0 aliphatic carbocycles. The Morgan fingerprint density at radius 2 is 2.04 bits per heavy atom. The highest BCUT2D eigenvalue weighted by atomic mass is 16.2. The molecule has 0 aromatic carbocycles. The molecule has 26 heavy (non-hydrogen) atoms. The van der Waals surface area contributed by atoms with Crippen molar-refractivity contribution in [3.8, 4) is 11.3 Å². The highest BCUT2D eigenvalue weighted by Gasteiger charge is 2.41. The standard InChI is InChI=1S/C20H25N5O/c1-13(2)24-8-9-25-17(12-24)20(26)23(4)16-10-15(11-22-19(16)25)18-14(3)6-5-7-21-18/h5-7,10-11,13,17H,8-9,12H2,1-4H3. The van der Waals surface area contributed by atoms with E-state index in [4.69, 9.17) is 4.98 Å². The summed E-state index contributed by atoms with van der Waals surface area (Å²) in [5.74, 6) is 1.04. The monoisotopic (exact) mass is 351 g/mol. The summed E-state index contributed by atoms with van der Waals surface area (Å²) in [6, 6.07) is 6.30. The van der Waals surface area contributed by atoms with Crippen molar-refractivity contribution in [1.82, 2.24) is 14.9 Å². The van der Waals surface area contributed by atoms with Crippen LogP contribution in [0.2, 0.25) is 0 Å². The SMILES string of the molecule is Cc1cccnc1-c1cnc2c(c1)N(C)C(=O)C1CN(C(C)C)CCN21. The lowest BCUT2D eigenvalue weighted by molar-refractivity contribution is -0.121. The number of hydrogen-bond donors (Lipinski definition) is 0. The third-order valence-corrected chi connectivity index (χ3v) is 5.52. The van der Waals surface area contributed by atoms with Gasteiger partial charge in [-0.3, -0.25) is 14.7 Å². The van der Waals surface area contributed by atoms with Gasteiger partial charge in [-0.25, -0.2) is 4.98 Å². The Bertz CT molecular complexity index is 850. The fourth-order valence-electron chi connectivity index (χ4n) is 3.91. The maximum absolute atomic E-state index is 13.0. The van der Waals surface area contributed by atoms with Crippen LogP contribution in [0.1, 0.15) is 19.4 Å². The lowest BCUT2D eigenvalue weighted by Crippen LogP contribution is -2.63. The topological polar surface area (TPSA) is 52.6 Å². The zero-order valence-electron chi connectivity index (χ0n) is 15.8. The van der Waals surface area contributed by atoms with Gasteiger partial charge in [0.25, 0.3) is 5.91 Å². The van der Waals surface area contributed by atoms with Crippen LogP contribution in [0, 0.1) is 6.92 Å². The second-order valence-corrected chi connectivity index (χ2v) is 7.43. The Kier molecular flexibility index (Phi) is 4.15. The Labute approximate surface area is 154 Å². The minimum atomic E-state index is -0.154. The predicted octanol–water partition coefficient (Wildman–Crippen LogP) is 2.33. The summed E-state index contributed by atoms with van der Waals surface area (Å²) in [5.41, 5.74) is 3.82. The van der Waals surface area contributed by atoms with E-state index in [-0.39, 0.29) is 11.9 Å². The third kappa shape index (κ3) is 2.65. The van der Waals surface area contributed by atoms with E-state index >= 15 is 0 Å². The first-order chi connectivity index (χ1) is 12.5. The molecule has 6 nitrogen and oxygen atoms in total. The second-order valence-electron chi connectivity index (χ2n) is 7.43. The molecule has 0 radical (unpaired) electrons. The number of likely N-dealkylation sites (N-methyl/N-ethyl adjacent to an activating group) is 1. The molecular formula is C20H25N5O. The molecule has 136 valence electrons. The minimum absolute atomic E-state index is 0.138. The molecule has 4 heterocycles. The van der Waals surface area contributed by atoms with Crippen LogP contribution >= 0.6 is 0 Å². The van der Waals surface area contributed by atoms with Crippen molar-refractivity contribution in [2.45, 2.75) is 32.9 Å². The smallest absolute Gasteiger partial charge is 0.250 e. The number of hydrogen-bond acceptors (Lipinski definition) is 5. The highest BCUT2D eigenvalue weighted by Crippen LogP contribution is 2.37. The van der Waals surface area contributed by atoms with E-state index in [2.05, 4.69) is 28.6 Å². The summed E-state index contributed by atoms with van der Waals surface area (Å²) in [6.07, 6.45) is 3.67. The molecule has 0 bridgehead atoms. The summed E-state index contributed by atoms with van der Waals surface area (Å²) in [4.78, 5) is 28.6. The molecule has 2 aliphatic heterocycles. The molecular weight excluding hydrogens is 326 g/mol. The van der Waals surface area contributed by atoms with E-state index in [0.29, 0.717) is 6.04 Å². The number of carbonyl (C=O) groups is 1. The predicted molar refractivity (Wildman–Crippen MR) is 103 cm³/mol. The lowest BCUT2D eigenvalue weighted by Gasteiger charge is -2.47. The van der Waals surface area contributed by atoms with Gasteiger partial charge in [0.1, 0.15) is 6.04 Å². The fourth-order valence-corrected chi connectivity index (χ4v) is 3.91. The van der Waals surface area contributed by atoms with Crippen molar-refractivity contribution < 1.29 is 4.79 Å². The number of aromatic nitrogens is 2. The minimum Gasteiger partial charge on any atom is -0.340 e. The summed E-state index contributed by atoms with van der Waals surface area (Å²) >= 11 is 0. The maximum atomic E-state index is 13.0. The number of aryl methyl sites for hydroxylation is 1. The van der Waals surface area contributed by atoms with E-state index in [0.717, 1.165) is 48.0 Å². The van der Waals surface area contributed by atoms with Crippen LogP contribution in [0.3, 0.4) is 0 Å². The van der Waals surface area contributed by atoms with Gasteiger partial charge in [-0.2, -0.15) is 0 Å². The number of amides is 1. The first kappa shape index (κ1) is 17.0. The number of piperazine rings is 1. The van der Waals surface area contributed by atoms with Gasteiger partial charge in [0, 0.05) is 50.7 Å². The normalized spacial score (nSPS) is 20.3. The molecule has 1 unspecified atom stereocenters. The summed E-state index contributed by atoms with van der Waals surface area (Å²) in [6.45, 7) is 8.93. The van der Waals surface area contributed by atoms with Gasteiger partial charge in [-0.05, 0) is 38.5 Å². The van der Waals surface area contributed by atoms with E-state index in [1.807, 2.05) is 38.4 Å². The molecule has 0 spiro atoms. The van der Waals surface area contributed by atoms with Gasteiger partial charge in [-0.15, -0.1) is 0 Å². The molecule has 1 fully saturated rings. The number of nitrogens with zero attached hydrogens (tertiary/aromatic N) is 5. The van der Waals surface area contributed by atoms with Gasteiger partial charge >= 0.3 is 0 Å². The average molecular weight is 351 g/mol. The summed E-state index contributed by atoms with van der Waals surface area (Å²) < 4.78 is 0. The Morgan fingerprint density at radius 1 is 1.23 bits per heavy atom. The molecule has 0 N–H and O–H groups in total. The molecule has 1 saturated heterocycles. The van der Waals surface area contributed by atoms with Gasteiger partial charge in [0.2, 0.25) is 0 Å². The van der Waals surface area contributed by atoms with Crippen molar-refractivity contribution in [2.24, 2.45) is 0 Å². The van der Waals surface area contributed by atoms with E-state index in [1.54, 1.807) is 11.1 Å². The van der Waals surface area contributed by atoms with Crippen LogP contribution in [0.5, 0.6) is 0 Å². The zero-order chi connectivity index (χ0) is 18.4. The van der Waals surface area contributed by atoms with Crippen LogP contribution in [-0.2, 0) is 4.79 Å². The van der Waals surface area contributed by atoms with Gasteiger partial charge in [0.15, 0.2) is 5.82 Å².